The molecule has 0 saturated carbocycles. The predicted molar refractivity (Wildman–Crippen MR) is 80.5 cm³/mol. The Morgan fingerprint density at radius 2 is 2.05 bits per heavy atom. The Hall–Kier alpha value is -1.71. The third-order valence-electron chi connectivity index (χ3n) is 2.84. The second-order valence-corrected chi connectivity index (χ2v) is 6.78. The molecule has 118 valence electrons. The van der Waals surface area contributed by atoms with Gasteiger partial charge < -0.3 is 10.6 Å². The van der Waals surface area contributed by atoms with Gasteiger partial charge in [-0.05, 0) is 46.1 Å². The van der Waals surface area contributed by atoms with Gasteiger partial charge in [-0.1, -0.05) is 0 Å². The van der Waals surface area contributed by atoms with Gasteiger partial charge >= 0.3 is 0 Å². The Kier molecular flexibility index (Phi) is 5.64. The first-order chi connectivity index (χ1) is 9.63. The van der Waals surface area contributed by atoms with Gasteiger partial charge in [0.25, 0.3) is 5.69 Å². The first-order valence-corrected chi connectivity index (χ1v) is 7.83. The molecule has 0 heterocycles. The van der Waals surface area contributed by atoms with E-state index in [1.165, 1.54) is 6.07 Å². The van der Waals surface area contributed by atoms with E-state index in [-0.39, 0.29) is 11.7 Å². The van der Waals surface area contributed by atoms with Crippen molar-refractivity contribution in [2.45, 2.75) is 24.3 Å². The normalized spacial score (nSPS) is 13.3. The molecule has 0 aromatic heterocycles. The summed E-state index contributed by atoms with van der Waals surface area (Å²) in [5.41, 5.74) is 5.20. The highest BCUT2D eigenvalue weighted by molar-refractivity contribution is 7.89. The molecule has 1 atom stereocenters. The number of rotatable bonds is 7. The van der Waals surface area contributed by atoms with Crippen molar-refractivity contribution < 1.29 is 13.3 Å². The largest absolute Gasteiger partial charge is 0.399 e. The highest BCUT2D eigenvalue weighted by atomic mass is 32.2. The van der Waals surface area contributed by atoms with Crippen molar-refractivity contribution >= 4 is 21.4 Å². The molecular formula is C12H20N4O4S. The molecule has 0 amide bonds. The van der Waals surface area contributed by atoms with Crippen molar-refractivity contribution in [3.8, 4) is 0 Å². The maximum Gasteiger partial charge on any atom is 0.289 e. The fourth-order valence-electron chi connectivity index (χ4n) is 1.74. The van der Waals surface area contributed by atoms with Crippen molar-refractivity contribution in [1.82, 2.24) is 9.62 Å². The Morgan fingerprint density at radius 1 is 1.43 bits per heavy atom. The molecule has 1 unspecified atom stereocenters. The van der Waals surface area contributed by atoms with E-state index in [4.69, 9.17) is 5.73 Å². The lowest BCUT2D eigenvalue weighted by Crippen LogP contribution is -2.35. The summed E-state index contributed by atoms with van der Waals surface area (Å²) in [5, 5.41) is 10.9. The number of nitrogens with two attached hydrogens (primary N) is 1. The van der Waals surface area contributed by atoms with Gasteiger partial charge in [0.15, 0.2) is 4.90 Å². The van der Waals surface area contributed by atoms with E-state index in [0.29, 0.717) is 13.0 Å². The van der Waals surface area contributed by atoms with Crippen LogP contribution in [0.3, 0.4) is 0 Å². The number of nitro benzene ring substituents is 1. The predicted octanol–water partition coefficient (Wildman–Crippen LogP) is 0.796. The number of anilines is 1. The Bertz CT molecular complexity index is 616. The van der Waals surface area contributed by atoms with Gasteiger partial charge in [-0.3, -0.25) is 10.1 Å². The van der Waals surface area contributed by atoms with Crippen molar-refractivity contribution in [1.29, 1.82) is 0 Å². The highest BCUT2D eigenvalue weighted by Gasteiger charge is 2.27. The van der Waals surface area contributed by atoms with Crippen LogP contribution in [0.2, 0.25) is 0 Å². The van der Waals surface area contributed by atoms with Crippen molar-refractivity contribution in [3.63, 3.8) is 0 Å². The minimum Gasteiger partial charge on any atom is -0.399 e. The van der Waals surface area contributed by atoms with Crippen LogP contribution in [-0.2, 0) is 10.0 Å². The average Bonchev–Trinajstić information content (AvgIpc) is 2.35. The number of nitro groups is 1. The van der Waals surface area contributed by atoms with E-state index in [1.807, 2.05) is 19.0 Å². The summed E-state index contributed by atoms with van der Waals surface area (Å²) in [6, 6.07) is 3.14. The highest BCUT2D eigenvalue weighted by Crippen LogP contribution is 2.26. The Morgan fingerprint density at radius 3 is 2.57 bits per heavy atom. The number of nitrogens with zero attached hydrogens (tertiary/aromatic N) is 2. The number of nitrogen functional groups attached to an aromatic ring is 1. The van der Waals surface area contributed by atoms with Crippen molar-refractivity contribution in [2.75, 3.05) is 26.4 Å². The Labute approximate surface area is 124 Å². The molecule has 3 N–H and O–H groups in total. The number of hydrogen-bond acceptors (Lipinski definition) is 6. The molecule has 0 aliphatic heterocycles. The monoisotopic (exact) mass is 316 g/mol. The second kappa shape index (κ2) is 6.83. The molecule has 0 fully saturated rings. The van der Waals surface area contributed by atoms with Gasteiger partial charge in [0.05, 0.1) is 4.92 Å². The lowest BCUT2D eigenvalue weighted by Gasteiger charge is -2.17. The average molecular weight is 316 g/mol. The van der Waals surface area contributed by atoms with Gasteiger partial charge in [0.1, 0.15) is 0 Å². The lowest BCUT2D eigenvalue weighted by molar-refractivity contribution is -0.387. The standard InChI is InChI=1S/C12H20N4O4S/c1-9(6-7-15(2)3)14-21(19,20)12-8-10(13)4-5-11(12)16(17)18/h4-5,8-9,14H,6-7,13H2,1-3H3. The summed E-state index contributed by atoms with van der Waals surface area (Å²) in [6.45, 7) is 2.40. The molecule has 1 rings (SSSR count). The summed E-state index contributed by atoms with van der Waals surface area (Å²) in [4.78, 5) is 11.7. The summed E-state index contributed by atoms with van der Waals surface area (Å²) in [7, 11) is -0.238. The third-order valence-corrected chi connectivity index (χ3v) is 4.45. The first-order valence-electron chi connectivity index (χ1n) is 6.34. The maximum absolute atomic E-state index is 12.3. The molecule has 9 heteroatoms. The van der Waals surface area contributed by atoms with Crippen LogP contribution in [0.25, 0.3) is 0 Å². The lowest BCUT2D eigenvalue weighted by atomic mass is 10.2. The quantitative estimate of drug-likeness (QED) is 0.436. The number of hydrogen-bond donors (Lipinski definition) is 2. The van der Waals surface area contributed by atoms with E-state index < -0.39 is 25.5 Å². The van der Waals surface area contributed by atoms with Gasteiger partial charge in [-0.25, -0.2) is 13.1 Å². The molecule has 0 aliphatic rings. The van der Waals surface area contributed by atoms with Crippen LogP contribution in [0.15, 0.2) is 23.1 Å². The minimum absolute atomic E-state index is 0.155. The zero-order valence-corrected chi connectivity index (χ0v) is 13.1. The number of nitrogens with one attached hydrogen (secondary N) is 1. The summed E-state index contributed by atoms with van der Waals surface area (Å²) in [6.07, 6.45) is 0.586. The summed E-state index contributed by atoms with van der Waals surface area (Å²) in [5.74, 6) is 0. The zero-order valence-electron chi connectivity index (χ0n) is 12.2. The van der Waals surface area contributed by atoms with E-state index >= 15 is 0 Å². The molecule has 0 bridgehead atoms. The topological polar surface area (TPSA) is 119 Å². The van der Waals surface area contributed by atoms with Crippen LogP contribution < -0.4 is 10.5 Å². The first kappa shape index (κ1) is 17.3. The van der Waals surface area contributed by atoms with E-state index in [1.54, 1.807) is 6.92 Å². The molecule has 0 aliphatic carbocycles. The van der Waals surface area contributed by atoms with Crippen molar-refractivity contribution in [3.05, 3.63) is 28.3 Å². The molecule has 1 aromatic rings. The van der Waals surface area contributed by atoms with Crippen LogP contribution >= 0.6 is 0 Å². The van der Waals surface area contributed by atoms with Gasteiger partial charge in [0, 0.05) is 17.8 Å². The molecule has 8 nitrogen and oxygen atoms in total. The van der Waals surface area contributed by atoms with Crippen molar-refractivity contribution in [2.24, 2.45) is 0 Å². The van der Waals surface area contributed by atoms with Crippen LogP contribution in [0.4, 0.5) is 11.4 Å². The fourth-order valence-corrected chi connectivity index (χ4v) is 3.22. The maximum atomic E-state index is 12.3. The zero-order chi connectivity index (χ0) is 16.2. The van der Waals surface area contributed by atoms with Crippen LogP contribution in [0.1, 0.15) is 13.3 Å². The van der Waals surface area contributed by atoms with Crippen LogP contribution in [0, 0.1) is 10.1 Å². The number of benzene rings is 1. The summed E-state index contributed by atoms with van der Waals surface area (Å²) >= 11 is 0. The van der Waals surface area contributed by atoms with Gasteiger partial charge in [-0.15, -0.1) is 0 Å². The molecular weight excluding hydrogens is 296 g/mol. The van der Waals surface area contributed by atoms with E-state index in [2.05, 4.69) is 4.72 Å². The SMILES string of the molecule is CC(CCN(C)C)NS(=O)(=O)c1cc(N)ccc1[N+](=O)[O-]. The molecule has 1 aromatic carbocycles. The minimum atomic E-state index is -4.00. The van der Waals surface area contributed by atoms with Gasteiger partial charge in [-0.2, -0.15) is 0 Å². The van der Waals surface area contributed by atoms with Gasteiger partial charge in [0.2, 0.25) is 10.0 Å². The van der Waals surface area contributed by atoms with Crippen LogP contribution in [0.5, 0.6) is 0 Å². The molecule has 21 heavy (non-hydrogen) atoms. The molecule has 0 spiro atoms. The second-order valence-electron chi connectivity index (χ2n) is 5.10. The fraction of sp³-hybridized carbons (Fsp3) is 0.500. The molecule has 0 radical (unpaired) electrons. The third kappa shape index (κ3) is 4.96. The van der Waals surface area contributed by atoms with E-state index in [0.717, 1.165) is 12.1 Å². The smallest absolute Gasteiger partial charge is 0.289 e. The van der Waals surface area contributed by atoms with E-state index in [9.17, 15) is 18.5 Å². The number of sulfonamides is 1. The summed E-state index contributed by atoms with van der Waals surface area (Å²) < 4.78 is 27.0. The Balaban J connectivity index is 3.02. The van der Waals surface area contributed by atoms with Crippen LogP contribution in [-0.4, -0.2) is 44.9 Å². The molecule has 0 saturated heterocycles.